The van der Waals surface area contributed by atoms with Crippen LogP contribution in [0.3, 0.4) is 0 Å². The first kappa shape index (κ1) is 84.2. The van der Waals surface area contributed by atoms with Crippen LogP contribution >= 0.6 is 46.4 Å². The number of carbonyl (C=O) groups excluding carboxylic acids is 4. The maximum atomic E-state index is 13.0. The summed E-state index contributed by atoms with van der Waals surface area (Å²) < 4.78 is 16.2. The van der Waals surface area contributed by atoms with Crippen LogP contribution in [0.4, 0.5) is 11.6 Å². The lowest BCUT2D eigenvalue weighted by Gasteiger charge is -2.14. The molecule has 0 saturated carbocycles. The zero-order chi connectivity index (χ0) is 78.4. The van der Waals surface area contributed by atoms with E-state index in [2.05, 4.69) is 65.2 Å². The van der Waals surface area contributed by atoms with E-state index >= 15 is 0 Å². The summed E-state index contributed by atoms with van der Waals surface area (Å²) in [4.78, 5) is 91.3. The summed E-state index contributed by atoms with van der Waals surface area (Å²) in [6, 6.07) is 34.1. The lowest BCUT2D eigenvalue weighted by atomic mass is 10.1. The molecule has 112 heavy (non-hydrogen) atoms. The monoisotopic (exact) mass is 1590 g/mol. The molecular formula is C80H82Cl4N18O10. The first-order valence-corrected chi connectivity index (χ1v) is 35.4. The van der Waals surface area contributed by atoms with Gasteiger partial charge in [-0.2, -0.15) is 0 Å². The summed E-state index contributed by atoms with van der Waals surface area (Å²) >= 11 is 24.1. The molecule has 4 aromatic carbocycles. The summed E-state index contributed by atoms with van der Waals surface area (Å²) in [5.41, 5.74) is 25.1. The Morgan fingerprint density at radius 2 is 0.750 bits per heavy atom. The van der Waals surface area contributed by atoms with E-state index in [0.29, 0.717) is 106 Å². The lowest BCUT2D eigenvalue weighted by Crippen LogP contribution is -2.27. The predicted molar refractivity (Wildman–Crippen MR) is 431 cm³/mol. The fourth-order valence-electron chi connectivity index (χ4n) is 12.2. The lowest BCUT2D eigenvalue weighted by molar-refractivity contribution is 0.0582. The van der Waals surface area contributed by atoms with Gasteiger partial charge in [0.25, 0.3) is 11.8 Å². The summed E-state index contributed by atoms with van der Waals surface area (Å²) in [6.45, 7) is 8.74. The number of nitrogens with two attached hydrogens (primary N) is 2. The highest BCUT2D eigenvalue weighted by atomic mass is 35.5. The number of aromatic nitrogens is 14. The number of imidazole rings is 4. The van der Waals surface area contributed by atoms with Gasteiger partial charge in [-0.3, -0.25) is 29.5 Å². The summed E-state index contributed by atoms with van der Waals surface area (Å²) in [5, 5.41) is 50.0. The fourth-order valence-corrected chi connectivity index (χ4v) is 12.9. The number of nitrogen functional groups attached to an aromatic ring is 2. The highest BCUT2D eigenvalue weighted by molar-refractivity contribution is 6.32. The molecule has 28 nitrogen and oxygen atoms in total. The van der Waals surface area contributed by atoms with Gasteiger partial charge in [0.05, 0.1) is 68.8 Å². The van der Waals surface area contributed by atoms with Gasteiger partial charge in [-0.05, 0) is 157 Å². The number of aliphatic hydroxyl groups excluding tert-OH is 4. The van der Waals surface area contributed by atoms with Gasteiger partial charge < -0.3 is 70.3 Å². The average Bonchev–Trinajstić information content (AvgIpc) is 1.55. The van der Waals surface area contributed by atoms with E-state index in [0.717, 1.165) is 99.5 Å². The number of pyridine rings is 6. The number of methoxy groups -OCH3 is 2. The molecule has 0 radical (unpaired) electrons. The molecule has 14 aromatic rings. The van der Waals surface area contributed by atoms with Crippen LogP contribution < -0.4 is 22.1 Å². The van der Waals surface area contributed by atoms with Crippen molar-refractivity contribution in [2.45, 2.75) is 108 Å². The number of aryl methyl sites for hydroxylation is 4. The number of hydrogen-bond donors (Lipinski definition) is 8. The number of aliphatic hydroxyl groups is 4. The minimum atomic E-state index is -0.534. The number of benzene rings is 4. The molecule has 10 heterocycles. The van der Waals surface area contributed by atoms with Crippen LogP contribution in [0.2, 0.25) is 20.1 Å². The molecule has 0 aliphatic rings. The maximum absolute atomic E-state index is 13.0. The highest BCUT2D eigenvalue weighted by Gasteiger charge is 2.22. The Bertz CT molecular complexity index is 5720. The van der Waals surface area contributed by atoms with E-state index in [1.807, 2.05) is 125 Å². The predicted octanol–water partition coefficient (Wildman–Crippen LogP) is 12.4. The number of fused-ring (bicyclic) bond motifs is 4. The number of halogens is 4. The number of hydrogen-bond acceptors (Lipinski definition) is 22. The van der Waals surface area contributed by atoms with Gasteiger partial charge in [0, 0.05) is 109 Å². The Morgan fingerprint density at radius 1 is 0.411 bits per heavy atom. The van der Waals surface area contributed by atoms with Gasteiger partial charge in [0.2, 0.25) is 0 Å². The van der Waals surface area contributed by atoms with Gasteiger partial charge in [0.1, 0.15) is 78.4 Å². The second-order valence-corrected chi connectivity index (χ2v) is 26.9. The molecule has 0 bridgehead atoms. The van der Waals surface area contributed by atoms with E-state index in [4.69, 9.17) is 62.6 Å². The molecule has 10 N–H and O–H groups in total. The minimum Gasteiger partial charge on any atom is -0.464 e. The quantitative estimate of drug-likeness (QED) is 0.0329. The smallest absolute Gasteiger partial charge is 0.358 e. The molecule has 14 rings (SSSR count). The molecule has 0 saturated heterocycles. The molecule has 0 fully saturated rings. The first-order valence-electron chi connectivity index (χ1n) is 33.9. The number of nitrogens with one attached hydrogen (secondary N) is 2. The Labute approximate surface area is 664 Å². The van der Waals surface area contributed by atoms with Crippen LogP contribution in [0.5, 0.6) is 0 Å². The van der Waals surface area contributed by atoms with E-state index in [1.165, 1.54) is 26.6 Å². The van der Waals surface area contributed by atoms with Gasteiger partial charge in [0.15, 0.2) is 5.69 Å². The molecule has 10 aromatic heterocycles. The van der Waals surface area contributed by atoms with Crippen molar-refractivity contribution in [3.05, 3.63) is 281 Å². The number of rotatable bonds is 20. The zero-order valence-corrected chi connectivity index (χ0v) is 63.3. The standard InChI is InChI=1S/2C23H23ClN6O2.2C16H14ClN3O3.2CH4/c1-13-5-21(25)29-14(2)18(13)9-28-23(32)20-10-27-22(12-31)30(20)11-15-3-4-19-16(6-15)7-17(24)8-26-19;1-13-5-21(25)28-14(2)18(13)9-27-23(32)20-11-30(22(12-31)29-20)10-15-3-4-19-16(6-15)7-17(24)8-26-19;1-23-16(22)14-7-19-15(9-21)20(14)8-10-2-3-13-11(4-10)5-12(17)6-18-13;1-23-16(22)14-8-20(15(9-21)19-14)7-10-2-3-13-11(4-10)5-12(17)6-18-13;;/h3-8,10,31H,9,11-12H2,1-2H3,(H2,25,29)(H,28,32);3-8,11,31H,9-10,12H2,1-2H3,(H2,25,28)(H,27,32);2-7,21H,8-9H2,1H3;2-6,8,21H,7,9H2,1H3;2*1H4. The topological polar surface area (TPSA) is 392 Å². The van der Waals surface area contributed by atoms with Crippen molar-refractivity contribution in [2.75, 3.05) is 25.7 Å². The number of anilines is 2. The Kier molecular flexibility index (Phi) is 28.7. The summed E-state index contributed by atoms with van der Waals surface area (Å²) in [6.07, 6.45) is 12.5. The fraction of sp³-hybridized carbons (Fsp3) is 0.225. The number of carbonyl (C=O) groups is 4. The minimum absolute atomic E-state index is 0. The molecule has 0 unspecified atom stereocenters. The number of amides is 2. The molecule has 580 valence electrons. The second kappa shape index (κ2) is 38.2. The second-order valence-electron chi connectivity index (χ2n) is 25.2. The van der Waals surface area contributed by atoms with Crippen LogP contribution in [-0.2, 0) is 75.2 Å². The molecule has 32 heteroatoms. The van der Waals surface area contributed by atoms with Crippen LogP contribution in [0, 0.1) is 27.7 Å². The van der Waals surface area contributed by atoms with Crippen molar-refractivity contribution >= 4 is 125 Å². The van der Waals surface area contributed by atoms with Crippen molar-refractivity contribution in [3.8, 4) is 0 Å². The third-order valence-electron chi connectivity index (χ3n) is 17.7. The third-order valence-corrected chi connectivity index (χ3v) is 18.5. The molecule has 0 spiro atoms. The molecule has 0 atom stereocenters. The van der Waals surface area contributed by atoms with Crippen LogP contribution in [0.25, 0.3) is 43.6 Å². The molecular weight excluding hydrogens is 1510 g/mol. The van der Waals surface area contributed by atoms with Crippen LogP contribution in [-0.4, -0.2) is 127 Å². The average molecular weight is 1600 g/mol. The Morgan fingerprint density at radius 3 is 1.12 bits per heavy atom. The Balaban J connectivity index is 0.000000172. The molecule has 0 aliphatic carbocycles. The van der Waals surface area contributed by atoms with Crippen molar-refractivity contribution in [2.24, 2.45) is 0 Å². The van der Waals surface area contributed by atoms with Gasteiger partial charge in [-0.25, -0.2) is 39.5 Å². The van der Waals surface area contributed by atoms with E-state index in [-0.39, 0.29) is 64.5 Å². The number of nitrogens with zero attached hydrogens (tertiary/aromatic N) is 14. The molecule has 0 aliphatic heterocycles. The number of ether oxygens (including phenoxy) is 2. The van der Waals surface area contributed by atoms with E-state index < -0.39 is 11.9 Å². The van der Waals surface area contributed by atoms with Crippen molar-refractivity contribution in [1.82, 2.24) is 78.7 Å². The van der Waals surface area contributed by atoms with Gasteiger partial charge in [-0.1, -0.05) is 85.5 Å². The zero-order valence-electron chi connectivity index (χ0n) is 60.2. The van der Waals surface area contributed by atoms with E-state index in [9.17, 15) is 39.6 Å². The van der Waals surface area contributed by atoms with Crippen molar-refractivity contribution in [1.29, 1.82) is 0 Å². The number of esters is 2. The van der Waals surface area contributed by atoms with Crippen molar-refractivity contribution < 1.29 is 49.1 Å². The third kappa shape index (κ3) is 20.6. The van der Waals surface area contributed by atoms with Crippen LogP contribution in [0.15, 0.2) is 159 Å². The highest BCUT2D eigenvalue weighted by Crippen LogP contribution is 2.26. The SMILES string of the molecule is C.C.COC(=O)c1cn(Cc2ccc3ncc(Cl)cc3c2)c(CO)n1.COC(=O)c1cnc(CO)n1Cc1ccc2ncc(Cl)cc2c1.Cc1cc(N)nc(C)c1CNC(=O)c1cn(Cc2ccc3ncc(Cl)cc3c2)c(CO)n1.Cc1cc(N)nc(C)c1CNC(=O)c1cnc(CO)n1Cc1ccc2ncc(Cl)cc2c1. The molecule has 2 amide bonds. The van der Waals surface area contributed by atoms with Gasteiger partial charge >= 0.3 is 11.9 Å². The summed E-state index contributed by atoms with van der Waals surface area (Å²) in [7, 11) is 2.60. The van der Waals surface area contributed by atoms with E-state index in [1.54, 1.807) is 67.6 Å². The van der Waals surface area contributed by atoms with Crippen LogP contribution in [0.1, 0.15) is 136 Å². The largest absolute Gasteiger partial charge is 0.464 e. The first-order chi connectivity index (χ1) is 52.9. The Hall–Kier alpha value is -11.9. The maximum Gasteiger partial charge on any atom is 0.358 e. The van der Waals surface area contributed by atoms with Gasteiger partial charge in [-0.15, -0.1) is 0 Å². The van der Waals surface area contributed by atoms with Crippen molar-refractivity contribution in [3.63, 3.8) is 0 Å². The normalized spacial score (nSPS) is 10.8. The summed E-state index contributed by atoms with van der Waals surface area (Å²) in [5.74, 6) is 0.852.